The molecule has 0 aliphatic heterocycles. The Hall–Kier alpha value is -1.65. The lowest BCUT2D eigenvalue weighted by Gasteiger charge is -1.91. The Labute approximate surface area is 61.8 Å². The third-order valence-electron chi connectivity index (χ3n) is 1.20. The van der Waals surface area contributed by atoms with Crippen LogP contribution in [0.5, 0.6) is 0 Å². The lowest BCUT2D eigenvalue weighted by atomic mass is 10.3. The van der Waals surface area contributed by atoms with Crippen LogP contribution >= 0.6 is 0 Å². The summed E-state index contributed by atoms with van der Waals surface area (Å²) in [7, 11) is 0. The van der Waals surface area contributed by atoms with E-state index in [0.717, 1.165) is 0 Å². The Morgan fingerprint density at radius 2 is 2.27 bits per heavy atom. The van der Waals surface area contributed by atoms with Gasteiger partial charge in [-0.05, 0) is 6.92 Å². The molecule has 0 radical (unpaired) electrons. The number of nitrogens with two attached hydrogens (primary N) is 1. The Morgan fingerprint density at radius 1 is 1.64 bits per heavy atom. The van der Waals surface area contributed by atoms with Crippen LogP contribution in [0, 0.1) is 11.8 Å². The average Bonchev–Trinajstić information content (AvgIpc) is 1.85. The van der Waals surface area contributed by atoms with E-state index < -0.39 is 5.43 Å². The molecule has 0 saturated carbocycles. The van der Waals surface area contributed by atoms with Gasteiger partial charge < -0.3 is 10.2 Å². The normalized spacial score (nSPS) is 9.55. The molecule has 0 aromatic carbocycles. The number of rotatable bonds is 1. The van der Waals surface area contributed by atoms with Gasteiger partial charge in [0.2, 0.25) is 0 Å². The molecule has 0 aliphatic carbocycles. The summed E-state index contributed by atoms with van der Waals surface area (Å²) in [5, 5.41) is 1.41. The molecule has 1 aromatic rings. The average molecular weight is 155 g/mol. The number of anilines is 1. The highest BCUT2D eigenvalue weighted by atomic mass is 16.4. The van der Waals surface area contributed by atoms with Crippen molar-refractivity contribution in [1.29, 1.82) is 0 Å². The molecule has 3 N–H and O–H groups in total. The molecule has 0 unspecified atom stereocenters. The maximum Gasteiger partial charge on any atom is 0.359 e. The van der Waals surface area contributed by atoms with Gasteiger partial charge in [-0.3, -0.25) is 4.79 Å². The predicted octanol–water partition coefficient (Wildman–Crippen LogP) is -0.991. The SMILES string of the molecule is Cc1cc(=O)c([NH+]=O)c(N)o1. The summed E-state index contributed by atoms with van der Waals surface area (Å²) >= 11 is 0. The molecule has 1 heterocycles. The minimum Gasteiger partial charge on any atom is -0.440 e. The molecule has 0 bridgehead atoms. The monoisotopic (exact) mass is 155 g/mol. The fraction of sp³-hybridized carbons (Fsp3) is 0.167. The maximum atomic E-state index is 10.9. The third kappa shape index (κ3) is 1.26. The number of hydrogen-bond acceptors (Lipinski definition) is 4. The molecule has 0 saturated heterocycles. The van der Waals surface area contributed by atoms with Crippen molar-refractivity contribution in [1.82, 2.24) is 0 Å². The molecule has 11 heavy (non-hydrogen) atoms. The summed E-state index contributed by atoms with van der Waals surface area (Å²) in [6.07, 6.45) is 0. The minimum atomic E-state index is -0.457. The lowest BCUT2D eigenvalue weighted by molar-refractivity contribution is -0.380. The standard InChI is InChI=1S/C6H6N2O3/c1-3-2-4(9)5(8-10)6(7)11-3/h2H,7H2,1H3/p+1. The molecule has 0 fully saturated rings. The van der Waals surface area contributed by atoms with Gasteiger partial charge in [0.05, 0.1) is 0 Å². The molecule has 58 valence electrons. The third-order valence-corrected chi connectivity index (χ3v) is 1.20. The van der Waals surface area contributed by atoms with Crippen LogP contribution in [-0.4, -0.2) is 0 Å². The highest BCUT2D eigenvalue weighted by Crippen LogP contribution is 2.07. The van der Waals surface area contributed by atoms with Crippen LogP contribution in [0.3, 0.4) is 0 Å². The van der Waals surface area contributed by atoms with E-state index in [9.17, 15) is 9.70 Å². The molecule has 0 aliphatic rings. The first kappa shape index (κ1) is 7.46. The highest BCUT2D eigenvalue weighted by molar-refractivity contribution is 5.47. The highest BCUT2D eigenvalue weighted by Gasteiger charge is 2.13. The minimum absolute atomic E-state index is 0.176. The quantitative estimate of drug-likeness (QED) is 0.545. The molecular formula is C6H7N2O3+. The van der Waals surface area contributed by atoms with Crippen molar-refractivity contribution < 1.29 is 9.59 Å². The zero-order chi connectivity index (χ0) is 8.43. The first-order valence-corrected chi connectivity index (χ1v) is 2.93. The van der Waals surface area contributed by atoms with Crippen LogP contribution in [0.4, 0.5) is 11.6 Å². The van der Waals surface area contributed by atoms with Crippen LogP contribution in [-0.2, 0) is 0 Å². The van der Waals surface area contributed by atoms with Crippen molar-refractivity contribution in [2.24, 2.45) is 0 Å². The van der Waals surface area contributed by atoms with Gasteiger partial charge in [-0.25, -0.2) is 0 Å². The van der Waals surface area contributed by atoms with Gasteiger partial charge in [-0.15, -0.1) is 0 Å². The summed E-state index contributed by atoms with van der Waals surface area (Å²) in [5.74, 6) is 0.205. The van der Waals surface area contributed by atoms with Gasteiger partial charge in [0.25, 0.3) is 11.3 Å². The fourth-order valence-electron chi connectivity index (χ4n) is 0.733. The number of nitrogens with one attached hydrogen (secondary N) is 1. The molecule has 0 amide bonds. The summed E-state index contributed by atoms with van der Waals surface area (Å²) in [6.45, 7) is 1.58. The van der Waals surface area contributed by atoms with Crippen molar-refractivity contribution >= 4 is 11.6 Å². The van der Waals surface area contributed by atoms with Crippen molar-refractivity contribution in [2.45, 2.75) is 6.92 Å². The Balaban J connectivity index is 3.49. The Morgan fingerprint density at radius 3 is 2.73 bits per heavy atom. The smallest absolute Gasteiger partial charge is 0.359 e. The van der Waals surface area contributed by atoms with Crippen LogP contribution in [0.15, 0.2) is 15.3 Å². The van der Waals surface area contributed by atoms with Gasteiger partial charge in [-0.2, -0.15) is 0 Å². The Kier molecular flexibility index (Phi) is 1.72. The largest absolute Gasteiger partial charge is 0.440 e. The van der Waals surface area contributed by atoms with Crippen LogP contribution in [0.1, 0.15) is 5.76 Å². The number of hydrogen-bond donors (Lipinski definition) is 2. The summed E-state index contributed by atoms with van der Waals surface area (Å²) in [6, 6.07) is 1.19. The fourth-order valence-corrected chi connectivity index (χ4v) is 0.733. The van der Waals surface area contributed by atoms with Crippen molar-refractivity contribution in [3.05, 3.63) is 27.0 Å². The second kappa shape index (κ2) is 2.53. The van der Waals surface area contributed by atoms with E-state index in [0.29, 0.717) is 5.76 Å². The van der Waals surface area contributed by atoms with Gasteiger partial charge in [0, 0.05) is 16.2 Å². The van der Waals surface area contributed by atoms with E-state index in [2.05, 4.69) is 0 Å². The zero-order valence-electron chi connectivity index (χ0n) is 5.88. The number of nitrogen functional groups attached to an aromatic ring is 1. The summed E-state index contributed by atoms with van der Waals surface area (Å²) in [4.78, 5) is 21.0. The van der Waals surface area contributed by atoms with Gasteiger partial charge in [0.1, 0.15) is 5.76 Å². The lowest BCUT2D eigenvalue weighted by Crippen LogP contribution is -2.59. The number of nitroso groups, excluding NO2 is 1. The maximum absolute atomic E-state index is 10.9. The van der Waals surface area contributed by atoms with Gasteiger partial charge in [-0.1, -0.05) is 0 Å². The summed E-state index contributed by atoms with van der Waals surface area (Å²) in [5.41, 5.74) is 4.51. The molecular weight excluding hydrogens is 148 g/mol. The molecule has 1 rings (SSSR count). The molecule has 5 nitrogen and oxygen atoms in total. The van der Waals surface area contributed by atoms with E-state index in [4.69, 9.17) is 10.2 Å². The van der Waals surface area contributed by atoms with Gasteiger partial charge in [0.15, 0.2) is 0 Å². The van der Waals surface area contributed by atoms with E-state index >= 15 is 0 Å². The second-order valence-corrected chi connectivity index (χ2v) is 2.06. The van der Waals surface area contributed by atoms with E-state index in [-0.39, 0.29) is 11.6 Å². The van der Waals surface area contributed by atoms with Crippen molar-refractivity contribution in [3.8, 4) is 0 Å². The first-order valence-electron chi connectivity index (χ1n) is 2.93. The van der Waals surface area contributed by atoms with Crippen LogP contribution < -0.4 is 16.3 Å². The van der Waals surface area contributed by atoms with E-state index in [1.807, 2.05) is 0 Å². The molecule has 0 atom stereocenters. The van der Waals surface area contributed by atoms with Crippen molar-refractivity contribution in [2.75, 3.05) is 5.73 Å². The van der Waals surface area contributed by atoms with Gasteiger partial charge >= 0.3 is 5.69 Å². The first-order chi connectivity index (χ1) is 5.15. The van der Waals surface area contributed by atoms with E-state index in [1.54, 1.807) is 6.92 Å². The predicted molar refractivity (Wildman–Crippen MR) is 38.1 cm³/mol. The summed E-state index contributed by atoms with van der Waals surface area (Å²) < 4.78 is 4.80. The topological polar surface area (TPSA) is 87.3 Å². The van der Waals surface area contributed by atoms with Crippen LogP contribution in [0.25, 0.3) is 0 Å². The van der Waals surface area contributed by atoms with Crippen molar-refractivity contribution in [3.63, 3.8) is 0 Å². The molecule has 5 heteroatoms. The Bertz CT molecular complexity index is 342. The molecule has 1 aromatic heterocycles. The van der Waals surface area contributed by atoms with E-state index in [1.165, 1.54) is 11.2 Å². The molecule has 0 spiro atoms. The number of aryl methyl sites for hydroxylation is 1. The van der Waals surface area contributed by atoms with Crippen LogP contribution in [0.2, 0.25) is 0 Å². The second-order valence-electron chi connectivity index (χ2n) is 2.06. The zero-order valence-corrected chi connectivity index (χ0v) is 5.88.